The summed E-state index contributed by atoms with van der Waals surface area (Å²) in [5, 5.41) is 0. The van der Waals surface area contributed by atoms with Crippen molar-refractivity contribution < 1.29 is 19.1 Å². The monoisotopic (exact) mass is 471 g/mol. The van der Waals surface area contributed by atoms with Gasteiger partial charge < -0.3 is 9.47 Å². The van der Waals surface area contributed by atoms with Crippen LogP contribution in [0.5, 0.6) is 5.75 Å². The largest absolute Gasteiger partial charge is 0.493 e. The summed E-state index contributed by atoms with van der Waals surface area (Å²) >= 11 is 10.1. The molecule has 1 aromatic carbocycles. The number of nitrogens with zero attached hydrogens (tertiary/aromatic N) is 1. The van der Waals surface area contributed by atoms with Gasteiger partial charge in [-0.1, -0.05) is 53.3 Å². The van der Waals surface area contributed by atoms with Crippen molar-refractivity contribution in [1.29, 1.82) is 0 Å². The van der Waals surface area contributed by atoms with Crippen LogP contribution in [0.25, 0.3) is 6.08 Å². The van der Waals surface area contributed by atoms with Gasteiger partial charge in [0.25, 0.3) is 5.91 Å². The Morgan fingerprint density at radius 2 is 2.15 bits per heavy atom. The van der Waals surface area contributed by atoms with Gasteiger partial charge in [-0.05, 0) is 37.1 Å². The van der Waals surface area contributed by atoms with Crippen LogP contribution in [-0.4, -0.2) is 41.4 Å². The Morgan fingerprint density at radius 3 is 2.85 bits per heavy atom. The van der Waals surface area contributed by atoms with E-state index in [2.05, 4.69) is 27.6 Å². The van der Waals surface area contributed by atoms with E-state index in [9.17, 15) is 9.59 Å². The molecule has 0 N–H and O–H groups in total. The van der Waals surface area contributed by atoms with Gasteiger partial charge in [-0.3, -0.25) is 14.5 Å². The van der Waals surface area contributed by atoms with Crippen LogP contribution in [0.15, 0.2) is 27.6 Å². The van der Waals surface area contributed by atoms with Crippen LogP contribution >= 0.6 is 39.9 Å². The van der Waals surface area contributed by atoms with Gasteiger partial charge in [-0.2, -0.15) is 0 Å². The molecule has 2 rings (SSSR count). The van der Waals surface area contributed by atoms with Crippen LogP contribution in [0, 0.1) is 0 Å². The molecule has 1 aliphatic rings. The minimum absolute atomic E-state index is 0.144. The third-order valence-corrected chi connectivity index (χ3v) is 5.75. The Kier molecular flexibility index (Phi) is 8.79. The molecule has 0 saturated carbocycles. The van der Waals surface area contributed by atoms with Gasteiger partial charge in [0.15, 0.2) is 0 Å². The van der Waals surface area contributed by atoms with Crippen LogP contribution < -0.4 is 4.74 Å². The zero-order valence-corrected chi connectivity index (χ0v) is 18.5. The first-order valence-electron chi connectivity index (χ1n) is 8.70. The van der Waals surface area contributed by atoms with Crippen molar-refractivity contribution in [3.63, 3.8) is 0 Å². The van der Waals surface area contributed by atoms with Gasteiger partial charge in [0.05, 0.1) is 18.6 Å². The van der Waals surface area contributed by atoms with E-state index in [4.69, 9.17) is 17.0 Å². The SMILES string of the molecule is CCCCOc1ccc(Br)cc1/C=C1/SC(=S)N(CCCC(=O)OC)C1=O. The molecule has 8 heteroatoms. The van der Waals surface area contributed by atoms with Crippen molar-refractivity contribution in [3.05, 3.63) is 33.1 Å². The van der Waals surface area contributed by atoms with Gasteiger partial charge in [0.1, 0.15) is 10.1 Å². The molecule has 5 nitrogen and oxygen atoms in total. The number of hydrogen-bond acceptors (Lipinski definition) is 6. The smallest absolute Gasteiger partial charge is 0.305 e. The fourth-order valence-corrected chi connectivity index (χ4v) is 4.09. The highest BCUT2D eigenvalue weighted by Gasteiger charge is 2.31. The molecule has 1 saturated heterocycles. The van der Waals surface area contributed by atoms with E-state index < -0.39 is 0 Å². The summed E-state index contributed by atoms with van der Waals surface area (Å²) in [6.45, 7) is 3.14. The van der Waals surface area contributed by atoms with E-state index in [-0.39, 0.29) is 18.3 Å². The number of carbonyl (C=O) groups is 2. The van der Waals surface area contributed by atoms with E-state index in [1.165, 1.54) is 23.8 Å². The third kappa shape index (κ3) is 6.33. The van der Waals surface area contributed by atoms with Crippen LogP contribution in [0.3, 0.4) is 0 Å². The van der Waals surface area contributed by atoms with Crippen LogP contribution in [0.2, 0.25) is 0 Å². The van der Waals surface area contributed by atoms with Crippen LogP contribution in [0.1, 0.15) is 38.2 Å². The average Bonchev–Trinajstić information content (AvgIpc) is 2.90. The summed E-state index contributed by atoms with van der Waals surface area (Å²) < 4.78 is 11.9. The number of carbonyl (C=O) groups excluding carboxylic acids is 2. The number of esters is 1. The van der Waals surface area contributed by atoms with Gasteiger partial charge in [0.2, 0.25) is 0 Å². The van der Waals surface area contributed by atoms with E-state index >= 15 is 0 Å². The summed E-state index contributed by atoms with van der Waals surface area (Å²) in [5.74, 6) is 0.302. The van der Waals surface area contributed by atoms with E-state index in [0.717, 1.165) is 28.6 Å². The fraction of sp³-hybridized carbons (Fsp3) is 0.421. The van der Waals surface area contributed by atoms with Gasteiger partial charge >= 0.3 is 5.97 Å². The Morgan fingerprint density at radius 1 is 1.37 bits per heavy atom. The zero-order chi connectivity index (χ0) is 19.8. The number of hydrogen-bond donors (Lipinski definition) is 0. The summed E-state index contributed by atoms with van der Waals surface area (Å²) in [7, 11) is 1.35. The van der Waals surface area contributed by atoms with Crippen molar-refractivity contribution in [2.24, 2.45) is 0 Å². The van der Waals surface area contributed by atoms with E-state index in [0.29, 0.717) is 28.8 Å². The summed E-state index contributed by atoms with van der Waals surface area (Å²) in [6, 6.07) is 5.73. The van der Waals surface area contributed by atoms with Crippen molar-refractivity contribution >= 4 is 62.2 Å². The number of halogens is 1. The fourth-order valence-electron chi connectivity index (χ4n) is 2.41. The number of benzene rings is 1. The molecule has 27 heavy (non-hydrogen) atoms. The predicted octanol–water partition coefficient (Wildman–Crippen LogP) is 4.78. The van der Waals surface area contributed by atoms with Crippen LogP contribution in [-0.2, 0) is 14.3 Å². The summed E-state index contributed by atoms with van der Waals surface area (Å²) in [4.78, 5) is 26.0. The minimum Gasteiger partial charge on any atom is -0.493 e. The normalized spacial score (nSPS) is 15.5. The average molecular weight is 472 g/mol. The summed E-state index contributed by atoms with van der Waals surface area (Å²) in [5.41, 5.74) is 0.829. The predicted molar refractivity (Wildman–Crippen MR) is 116 cm³/mol. The highest BCUT2D eigenvalue weighted by Crippen LogP contribution is 2.35. The molecule has 0 bridgehead atoms. The molecule has 1 aromatic rings. The Bertz CT molecular complexity index is 751. The highest BCUT2D eigenvalue weighted by molar-refractivity contribution is 9.10. The van der Waals surface area contributed by atoms with Crippen molar-refractivity contribution in [2.45, 2.75) is 32.6 Å². The first-order valence-corrected chi connectivity index (χ1v) is 10.7. The van der Waals surface area contributed by atoms with E-state index in [1.807, 2.05) is 24.3 Å². The maximum Gasteiger partial charge on any atom is 0.305 e. The second-order valence-corrected chi connectivity index (χ2v) is 8.49. The zero-order valence-electron chi connectivity index (χ0n) is 15.3. The molecule has 0 spiro atoms. The standard InChI is InChI=1S/C19H22BrNO4S2/c1-3-4-10-25-15-8-7-14(20)11-13(15)12-16-18(23)21(19(26)27-16)9-5-6-17(22)24-2/h7-8,11-12H,3-6,9-10H2,1-2H3/b16-12+. The molecule has 1 amide bonds. The first kappa shape index (κ1) is 21.9. The van der Waals surface area contributed by atoms with Crippen molar-refractivity contribution in [3.8, 4) is 5.75 Å². The number of methoxy groups -OCH3 is 1. The second kappa shape index (κ2) is 10.8. The Balaban J connectivity index is 2.12. The lowest BCUT2D eigenvalue weighted by Gasteiger charge is -2.13. The molecular formula is C19H22BrNO4S2. The topological polar surface area (TPSA) is 55.8 Å². The van der Waals surface area contributed by atoms with Gasteiger partial charge in [-0.15, -0.1) is 0 Å². The Hall–Kier alpha value is -1.38. The number of rotatable bonds is 9. The molecule has 0 aliphatic carbocycles. The lowest BCUT2D eigenvalue weighted by molar-refractivity contribution is -0.141. The molecule has 0 aromatic heterocycles. The maximum atomic E-state index is 12.7. The maximum absolute atomic E-state index is 12.7. The highest BCUT2D eigenvalue weighted by atomic mass is 79.9. The third-order valence-electron chi connectivity index (χ3n) is 3.88. The Labute approximate surface area is 177 Å². The number of unbranched alkanes of at least 4 members (excludes halogenated alkanes) is 1. The molecule has 146 valence electrons. The molecule has 0 radical (unpaired) electrons. The number of ether oxygens (including phenoxy) is 2. The van der Waals surface area contributed by atoms with Gasteiger partial charge in [-0.25, -0.2) is 0 Å². The molecule has 1 fully saturated rings. The number of amides is 1. The second-order valence-electron chi connectivity index (χ2n) is 5.90. The van der Waals surface area contributed by atoms with Crippen molar-refractivity contribution in [2.75, 3.05) is 20.3 Å². The lowest BCUT2D eigenvalue weighted by atomic mass is 10.2. The molecular weight excluding hydrogens is 450 g/mol. The van der Waals surface area contributed by atoms with Crippen molar-refractivity contribution in [1.82, 2.24) is 4.90 Å². The number of thiocarbonyl (C=S) groups is 1. The molecule has 1 aliphatic heterocycles. The number of thioether (sulfide) groups is 1. The lowest BCUT2D eigenvalue weighted by Crippen LogP contribution is -2.29. The quantitative estimate of drug-likeness (QED) is 0.223. The molecule has 0 unspecified atom stereocenters. The summed E-state index contributed by atoms with van der Waals surface area (Å²) in [6.07, 6.45) is 4.60. The first-order chi connectivity index (χ1) is 13.0. The van der Waals surface area contributed by atoms with Gasteiger partial charge in [0, 0.05) is 23.0 Å². The van der Waals surface area contributed by atoms with E-state index in [1.54, 1.807) is 0 Å². The molecule has 1 heterocycles. The molecule has 0 atom stereocenters. The minimum atomic E-state index is -0.293. The van der Waals surface area contributed by atoms with Crippen LogP contribution in [0.4, 0.5) is 0 Å².